The Hall–Kier alpha value is 0.110. The number of hydrogen-bond donors (Lipinski definition) is 0. The molecule has 0 aromatic heterocycles. The molecule has 0 spiro atoms. The molecule has 0 heterocycles. The third kappa shape index (κ3) is 2.07. The fourth-order valence-corrected chi connectivity index (χ4v) is 2.44. The van der Waals surface area contributed by atoms with Crippen LogP contribution >= 0.6 is 31.1 Å². The van der Waals surface area contributed by atoms with Gasteiger partial charge in [0.05, 0.1) is 10.0 Å². The largest absolute Gasteiger partial charge is 0.683 e. The van der Waals surface area contributed by atoms with Crippen LogP contribution < -0.4 is 20.0 Å². The van der Waals surface area contributed by atoms with E-state index in [0.29, 0.717) is 0 Å². The summed E-state index contributed by atoms with van der Waals surface area (Å²) in [7, 11) is -4.86. The second kappa shape index (κ2) is 3.46. The van der Waals surface area contributed by atoms with Crippen LogP contribution in [0.3, 0.4) is 0 Å². The van der Waals surface area contributed by atoms with Gasteiger partial charge in [-0.3, -0.25) is 0 Å². The molecule has 0 saturated carbocycles. The standard InChI is InChI=1S/C6H5Cl2O3P/c7-4-2-1-3-5(8)6(4)12(9,10)11/h1-3H,(H2,9,10,11)/p-2. The van der Waals surface area contributed by atoms with Crippen molar-refractivity contribution < 1.29 is 14.7 Å². The van der Waals surface area contributed by atoms with E-state index in [1.54, 1.807) is 0 Å². The van der Waals surface area contributed by atoms with Crippen molar-refractivity contribution in [1.82, 2.24) is 0 Å². The maximum atomic E-state index is 10.6. The maximum absolute atomic E-state index is 10.6. The summed E-state index contributed by atoms with van der Waals surface area (Å²) in [5.41, 5.74) is 0. The van der Waals surface area contributed by atoms with E-state index in [9.17, 15) is 14.7 Å². The molecule has 0 bridgehead atoms. The molecule has 6 heteroatoms. The van der Waals surface area contributed by atoms with Gasteiger partial charge in [-0.1, -0.05) is 29.3 Å². The summed E-state index contributed by atoms with van der Waals surface area (Å²) in [6.07, 6.45) is 0. The molecule has 0 aliphatic heterocycles. The predicted molar refractivity (Wildman–Crippen MR) is 43.0 cm³/mol. The summed E-state index contributed by atoms with van der Waals surface area (Å²) in [5.74, 6) is 0. The fraction of sp³-hybridized carbons (Fsp3) is 0. The number of halogens is 2. The highest BCUT2D eigenvalue weighted by molar-refractivity contribution is 7.63. The van der Waals surface area contributed by atoms with Crippen molar-refractivity contribution in [2.75, 3.05) is 0 Å². The SMILES string of the molecule is [O-][P+]([O-])([O-])c1c(Cl)cccc1Cl. The van der Waals surface area contributed by atoms with E-state index in [1.165, 1.54) is 18.2 Å². The Kier molecular flexibility index (Phi) is 2.94. The quantitative estimate of drug-likeness (QED) is 0.602. The molecular weight excluding hydrogens is 222 g/mol. The lowest BCUT2D eigenvalue weighted by Crippen LogP contribution is -2.41. The first kappa shape index (κ1) is 10.2. The Morgan fingerprint density at radius 2 is 1.42 bits per heavy atom. The Balaban J connectivity index is 3.31. The van der Waals surface area contributed by atoms with E-state index < -0.39 is 13.2 Å². The van der Waals surface area contributed by atoms with Crippen LogP contribution in [0.4, 0.5) is 0 Å². The van der Waals surface area contributed by atoms with Crippen molar-refractivity contribution in [2.45, 2.75) is 0 Å². The summed E-state index contributed by atoms with van der Waals surface area (Å²) in [6, 6.07) is 4.06. The van der Waals surface area contributed by atoms with E-state index in [2.05, 4.69) is 0 Å². The zero-order valence-electron chi connectivity index (χ0n) is 5.66. The van der Waals surface area contributed by atoms with Crippen molar-refractivity contribution in [2.24, 2.45) is 0 Å². The lowest BCUT2D eigenvalue weighted by molar-refractivity contribution is -0.421. The Morgan fingerprint density at radius 1 is 1.00 bits per heavy atom. The van der Waals surface area contributed by atoms with E-state index in [1.807, 2.05) is 0 Å². The minimum absolute atomic E-state index is 0.143. The van der Waals surface area contributed by atoms with Gasteiger partial charge in [-0.15, -0.1) is 7.94 Å². The van der Waals surface area contributed by atoms with Crippen molar-refractivity contribution >= 4 is 36.4 Å². The molecule has 1 aromatic carbocycles. The average Bonchev–Trinajstić information content (AvgIpc) is 1.82. The Morgan fingerprint density at radius 3 is 1.67 bits per heavy atom. The first-order valence-corrected chi connectivity index (χ1v) is 5.19. The van der Waals surface area contributed by atoms with E-state index in [0.717, 1.165) is 0 Å². The van der Waals surface area contributed by atoms with Crippen LogP contribution in [0, 0.1) is 0 Å². The maximum Gasteiger partial charge on any atom is 0.113 e. The van der Waals surface area contributed by atoms with Gasteiger partial charge >= 0.3 is 0 Å². The van der Waals surface area contributed by atoms with Crippen molar-refractivity contribution in [3.8, 4) is 0 Å². The second-order valence-corrected chi connectivity index (χ2v) is 4.32. The summed E-state index contributed by atoms with van der Waals surface area (Å²) in [4.78, 5) is 31.7. The Bertz CT molecular complexity index is 277. The van der Waals surface area contributed by atoms with Crippen LogP contribution in [0.5, 0.6) is 0 Å². The molecule has 0 radical (unpaired) electrons. The lowest BCUT2D eigenvalue weighted by Gasteiger charge is -2.42. The highest BCUT2D eigenvalue weighted by atomic mass is 35.5. The van der Waals surface area contributed by atoms with Crippen LogP contribution in [0.25, 0.3) is 0 Å². The molecule has 0 atom stereocenters. The summed E-state index contributed by atoms with van der Waals surface area (Å²) >= 11 is 10.9. The van der Waals surface area contributed by atoms with Crippen LogP contribution in [0.15, 0.2) is 18.2 Å². The summed E-state index contributed by atoms with van der Waals surface area (Å²) in [6.45, 7) is 0. The monoisotopic (exact) mass is 224 g/mol. The number of rotatable bonds is 1. The van der Waals surface area contributed by atoms with Gasteiger partial charge in [0.15, 0.2) is 0 Å². The van der Waals surface area contributed by atoms with E-state index in [4.69, 9.17) is 23.2 Å². The van der Waals surface area contributed by atoms with Gasteiger partial charge in [0.25, 0.3) is 0 Å². The topological polar surface area (TPSA) is 69.2 Å². The minimum atomic E-state index is -4.86. The molecule has 1 aromatic rings. The van der Waals surface area contributed by atoms with Gasteiger partial charge in [-0.05, 0) is 12.1 Å². The fourth-order valence-electron chi connectivity index (χ4n) is 0.751. The van der Waals surface area contributed by atoms with Gasteiger partial charge < -0.3 is 14.7 Å². The van der Waals surface area contributed by atoms with Crippen molar-refractivity contribution in [3.63, 3.8) is 0 Å². The van der Waals surface area contributed by atoms with Crippen LogP contribution in [0.1, 0.15) is 0 Å². The molecular formula is C6H3Cl2O3P-2. The van der Waals surface area contributed by atoms with E-state index >= 15 is 0 Å². The summed E-state index contributed by atoms with van der Waals surface area (Å²) in [5, 5.41) is -0.819. The van der Waals surface area contributed by atoms with Crippen molar-refractivity contribution in [3.05, 3.63) is 28.2 Å². The van der Waals surface area contributed by atoms with Gasteiger partial charge in [-0.25, -0.2) is 0 Å². The molecule has 0 aliphatic rings. The van der Waals surface area contributed by atoms with Crippen LogP contribution in [-0.2, 0) is 0 Å². The highest BCUT2D eigenvalue weighted by Gasteiger charge is 2.13. The normalized spacial score (nSPS) is 11.8. The van der Waals surface area contributed by atoms with Gasteiger partial charge in [0, 0.05) is 0 Å². The number of benzene rings is 1. The molecule has 3 nitrogen and oxygen atoms in total. The zero-order valence-corrected chi connectivity index (χ0v) is 8.07. The van der Waals surface area contributed by atoms with Gasteiger partial charge in [0.1, 0.15) is 5.30 Å². The molecule has 1 rings (SSSR count). The molecule has 0 saturated heterocycles. The lowest BCUT2D eigenvalue weighted by atomic mass is 10.4. The first-order chi connectivity index (χ1) is 5.43. The molecule has 0 N–H and O–H groups in total. The van der Waals surface area contributed by atoms with Crippen LogP contribution in [-0.4, -0.2) is 0 Å². The summed E-state index contributed by atoms with van der Waals surface area (Å²) < 4.78 is 0. The predicted octanol–water partition coefficient (Wildman–Crippen LogP) is -0.538. The Labute approximate surface area is 79.8 Å². The van der Waals surface area contributed by atoms with Crippen molar-refractivity contribution in [1.29, 1.82) is 0 Å². The molecule has 0 aliphatic carbocycles. The molecule has 0 fully saturated rings. The van der Waals surface area contributed by atoms with Crippen LogP contribution in [0.2, 0.25) is 10.0 Å². The first-order valence-electron chi connectivity index (χ1n) is 2.89. The second-order valence-electron chi connectivity index (χ2n) is 2.07. The third-order valence-electron chi connectivity index (χ3n) is 1.21. The molecule has 66 valence electrons. The molecule has 0 amide bonds. The van der Waals surface area contributed by atoms with Gasteiger partial charge in [0.2, 0.25) is 0 Å². The molecule has 12 heavy (non-hydrogen) atoms. The zero-order chi connectivity index (χ0) is 9.35. The smallest absolute Gasteiger partial charge is 0.113 e. The van der Waals surface area contributed by atoms with Gasteiger partial charge in [-0.2, -0.15) is 0 Å². The minimum Gasteiger partial charge on any atom is -0.683 e. The average molecular weight is 225 g/mol. The van der Waals surface area contributed by atoms with E-state index in [-0.39, 0.29) is 10.0 Å². The molecule has 0 unspecified atom stereocenters. The number of hydrogen-bond acceptors (Lipinski definition) is 3. The highest BCUT2D eigenvalue weighted by Crippen LogP contribution is 2.34. The third-order valence-corrected chi connectivity index (χ3v) is 3.13.